The molecule has 1 aliphatic carbocycles. The van der Waals surface area contributed by atoms with E-state index in [0.717, 1.165) is 37.7 Å². The Kier molecular flexibility index (Phi) is 5.76. The van der Waals surface area contributed by atoms with Gasteiger partial charge in [-0.15, -0.1) is 0 Å². The van der Waals surface area contributed by atoms with Crippen LogP contribution in [0.3, 0.4) is 0 Å². The van der Waals surface area contributed by atoms with Crippen LogP contribution >= 0.6 is 11.6 Å². The molecule has 0 bridgehead atoms. The number of nitrogens with zero attached hydrogens (tertiary/aromatic N) is 2. The lowest BCUT2D eigenvalue weighted by molar-refractivity contribution is 0.285. The van der Waals surface area contributed by atoms with Crippen LogP contribution in [0.1, 0.15) is 32.1 Å². The number of hydrogen-bond donors (Lipinski definition) is 0. The van der Waals surface area contributed by atoms with Crippen molar-refractivity contribution in [2.24, 2.45) is 0 Å². The molecule has 1 aliphatic rings. The molecular weight excluding hydrogens is 408 g/mol. The van der Waals surface area contributed by atoms with E-state index in [0.29, 0.717) is 10.6 Å². The van der Waals surface area contributed by atoms with E-state index in [-0.39, 0.29) is 22.7 Å². The van der Waals surface area contributed by atoms with Gasteiger partial charge in [-0.1, -0.05) is 49.1 Å². The number of hydrogen-bond acceptors (Lipinski definition) is 4. The van der Waals surface area contributed by atoms with E-state index in [2.05, 4.69) is 4.98 Å². The largest absolute Gasteiger partial charge is 0.435 e. The normalized spacial score (nSPS) is 15.7. The van der Waals surface area contributed by atoms with Crippen LogP contribution in [0.5, 0.6) is 0 Å². The quantitative estimate of drug-likeness (QED) is 0.527. The second-order valence-corrected chi connectivity index (χ2v) is 9.69. The van der Waals surface area contributed by atoms with Crippen LogP contribution in [0.2, 0.25) is 5.02 Å². The first-order chi connectivity index (χ1) is 14.0. The molecule has 0 atom stereocenters. The summed E-state index contributed by atoms with van der Waals surface area (Å²) in [5.74, 6) is 0.523. The molecule has 0 N–H and O–H groups in total. The highest BCUT2D eigenvalue weighted by atomic mass is 35.5. The third-order valence-corrected chi connectivity index (χ3v) is 7.51. The van der Waals surface area contributed by atoms with Gasteiger partial charge in [-0.3, -0.25) is 0 Å². The molecule has 1 heterocycles. The maximum Gasteiger partial charge on any atom is 0.264 e. The molecule has 0 saturated heterocycles. The van der Waals surface area contributed by atoms with Gasteiger partial charge in [0, 0.05) is 29.2 Å². The molecule has 4 rings (SSSR count). The minimum absolute atomic E-state index is 0.0105. The van der Waals surface area contributed by atoms with Crippen LogP contribution in [0, 0.1) is 0 Å². The Bertz CT molecular complexity index is 1070. The predicted molar refractivity (Wildman–Crippen MR) is 114 cm³/mol. The van der Waals surface area contributed by atoms with Crippen molar-refractivity contribution in [3.63, 3.8) is 0 Å². The van der Waals surface area contributed by atoms with Crippen LogP contribution in [0.25, 0.3) is 22.8 Å². The standard InChI is InChI=1S/C22H23ClN2O3S/c1-25(19-10-6-3-7-11-19)29(26,27)22-20(16-12-14-18(23)15-13-16)28-21(24-22)17-8-4-2-5-9-17/h2,4-5,8-9,12-15,19H,3,6-7,10-11H2,1H3. The van der Waals surface area contributed by atoms with E-state index >= 15 is 0 Å². The third-order valence-electron chi connectivity index (χ3n) is 5.44. The lowest BCUT2D eigenvalue weighted by Gasteiger charge is -2.29. The van der Waals surface area contributed by atoms with Gasteiger partial charge < -0.3 is 4.42 Å². The van der Waals surface area contributed by atoms with Crippen molar-refractivity contribution in [3.8, 4) is 22.8 Å². The molecule has 152 valence electrons. The number of halogens is 1. The average molecular weight is 431 g/mol. The van der Waals surface area contributed by atoms with Crippen LogP contribution in [-0.2, 0) is 10.0 Å². The molecule has 0 unspecified atom stereocenters. The molecule has 5 nitrogen and oxygen atoms in total. The first-order valence-electron chi connectivity index (χ1n) is 9.77. The summed E-state index contributed by atoms with van der Waals surface area (Å²) >= 11 is 6.01. The minimum atomic E-state index is -3.82. The van der Waals surface area contributed by atoms with Gasteiger partial charge >= 0.3 is 0 Å². The highest BCUT2D eigenvalue weighted by molar-refractivity contribution is 7.89. The zero-order chi connectivity index (χ0) is 20.4. The Morgan fingerprint density at radius 2 is 1.62 bits per heavy atom. The smallest absolute Gasteiger partial charge is 0.264 e. The van der Waals surface area contributed by atoms with E-state index in [1.807, 2.05) is 30.3 Å². The Morgan fingerprint density at radius 3 is 2.28 bits per heavy atom. The summed E-state index contributed by atoms with van der Waals surface area (Å²) in [7, 11) is -2.17. The number of rotatable bonds is 5. The Balaban J connectivity index is 1.82. The highest BCUT2D eigenvalue weighted by Crippen LogP contribution is 2.35. The van der Waals surface area contributed by atoms with Crippen LogP contribution in [-0.4, -0.2) is 30.8 Å². The van der Waals surface area contributed by atoms with Gasteiger partial charge in [0.2, 0.25) is 10.9 Å². The Hall–Kier alpha value is -2.15. The summed E-state index contributed by atoms with van der Waals surface area (Å²) in [6.45, 7) is 0. The monoisotopic (exact) mass is 430 g/mol. The van der Waals surface area contributed by atoms with Gasteiger partial charge in [0.25, 0.3) is 10.0 Å². The third kappa shape index (κ3) is 4.10. The summed E-state index contributed by atoms with van der Waals surface area (Å²) in [5, 5.41) is 0.520. The molecule has 1 saturated carbocycles. The fourth-order valence-corrected chi connectivity index (χ4v) is 5.34. The molecule has 2 aromatic carbocycles. The first kappa shape index (κ1) is 20.1. The molecule has 29 heavy (non-hydrogen) atoms. The van der Waals surface area contributed by atoms with Crippen LogP contribution in [0.4, 0.5) is 0 Å². The Morgan fingerprint density at radius 1 is 0.966 bits per heavy atom. The maximum absolute atomic E-state index is 13.5. The molecule has 1 aromatic heterocycles. The molecule has 3 aromatic rings. The molecule has 1 fully saturated rings. The van der Waals surface area contributed by atoms with Crippen molar-refractivity contribution in [1.29, 1.82) is 0 Å². The van der Waals surface area contributed by atoms with Gasteiger partial charge in [-0.2, -0.15) is 9.29 Å². The van der Waals surface area contributed by atoms with Crippen molar-refractivity contribution in [3.05, 3.63) is 59.6 Å². The molecule has 0 aliphatic heterocycles. The van der Waals surface area contributed by atoms with E-state index in [4.69, 9.17) is 16.0 Å². The number of aromatic nitrogens is 1. The number of oxazole rings is 1. The predicted octanol–water partition coefficient (Wildman–Crippen LogP) is 5.62. The van der Waals surface area contributed by atoms with Crippen molar-refractivity contribution in [1.82, 2.24) is 9.29 Å². The molecular formula is C22H23ClN2O3S. The fraction of sp³-hybridized carbons (Fsp3) is 0.318. The lowest BCUT2D eigenvalue weighted by atomic mass is 9.96. The summed E-state index contributed by atoms with van der Waals surface area (Å²) in [4.78, 5) is 4.44. The van der Waals surface area contributed by atoms with Gasteiger partial charge in [-0.25, -0.2) is 8.42 Å². The summed E-state index contributed by atoms with van der Waals surface area (Å²) < 4.78 is 34.5. The van der Waals surface area contributed by atoms with Crippen molar-refractivity contribution in [2.45, 2.75) is 43.2 Å². The van der Waals surface area contributed by atoms with Gasteiger partial charge in [-0.05, 0) is 49.2 Å². The zero-order valence-corrected chi connectivity index (χ0v) is 17.8. The molecule has 7 heteroatoms. The second kappa shape index (κ2) is 8.30. The summed E-state index contributed by atoms with van der Waals surface area (Å²) in [5.41, 5.74) is 1.35. The summed E-state index contributed by atoms with van der Waals surface area (Å²) in [6.07, 6.45) is 4.98. The van der Waals surface area contributed by atoms with Crippen molar-refractivity contribution < 1.29 is 12.8 Å². The second-order valence-electron chi connectivity index (χ2n) is 7.34. The fourth-order valence-electron chi connectivity index (χ4n) is 3.75. The van der Waals surface area contributed by atoms with E-state index < -0.39 is 10.0 Å². The highest BCUT2D eigenvalue weighted by Gasteiger charge is 2.35. The van der Waals surface area contributed by atoms with Crippen LogP contribution < -0.4 is 0 Å². The topological polar surface area (TPSA) is 63.4 Å². The van der Waals surface area contributed by atoms with Gasteiger partial charge in [0.15, 0.2) is 5.76 Å². The number of sulfonamides is 1. The molecule has 0 radical (unpaired) electrons. The minimum Gasteiger partial charge on any atom is -0.435 e. The maximum atomic E-state index is 13.5. The van der Waals surface area contributed by atoms with E-state index in [1.165, 1.54) is 4.31 Å². The molecule has 0 spiro atoms. The first-order valence-corrected chi connectivity index (χ1v) is 11.6. The van der Waals surface area contributed by atoms with Crippen molar-refractivity contribution >= 4 is 21.6 Å². The molecule has 0 amide bonds. The summed E-state index contributed by atoms with van der Waals surface area (Å²) in [6, 6.07) is 16.2. The lowest BCUT2D eigenvalue weighted by Crippen LogP contribution is -2.38. The average Bonchev–Trinajstić information content (AvgIpc) is 3.21. The number of benzene rings is 2. The Labute approximate surface area is 176 Å². The van der Waals surface area contributed by atoms with Gasteiger partial charge in [0.05, 0.1) is 0 Å². The van der Waals surface area contributed by atoms with E-state index in [1.54, 1.807) is 31.3 Å². The zero-order valence-electron chi connectivity index (χ0n) is 16.2. The van der Waals surface area contributed by atoms with Crippen molar-refractivity contribution in [2.75, 3.05) is 7.05 Å². The SMILES string of the molecule is CN(C1CCCCC1)S(=O)(=O)c1nc(-c2ccccc2)oc1-c1ccc(Cl)cc1. The van der Waals surface area contributed by atoms with E-state index in [9.17, 15) is 8.42 Å². The van der Waals surface area contributed by atoms with Crippen LogP contribution in [0.15, 0.2) is 64.0 Å². The van der Waals surface area contributed by atoms with Gasteiger partial charge in [0.1, 0.15) is 0 Å².